The van der Waals surface area contributed by atoms with Crippen molar-refractivity contribution in [1.82, 2.24) is 5.43 Å². The first-order chi connectivity index (χ1) is 4.81. The highest BCUT2D eigenvalue weighted by atomic mass is 16.5. The number of carbonyl (C=O) groups excluding carboxylic acids is 1. The largest absolute Gasteiger partial charge is 0.449 e. The Hall–Kier alpha value is -1.06. The summed E-state index contributed by atoms with van der Waals surface area (Å²) in [5, 5.41) is 3.56. The molecule has 0 aliphatic carbocycles. The van der Waals surface area contributed by atoms with E-state index in [1.165, 1.54) is 0 Å². The van der Waals surface area contributed by atoms with Crippen LogP contribution in [0.15, 0.2) is 5.10 Å². The second-order valence-electron chi connectivity index (χ2n) is 1.55. The summed E-state index contributed by atoms with van der Waals surface area (Å²) < 4.78 is 4.52. The summed E-state index contributed by atoms with van der Waals surface area (Å²) in [6.07, 6.45) is 1.88. The van der Waals surface area contributed by atoms with Gasteiger partial charge in [-0.15, -0.1) is 0 Å². The van der Waals surface area contributed by atoms with Crippen molar-refractivity contribution in [1.29, 1.82) is 0 Å². The van der Waals surface area contributed by atoms with Gasteiger partial charge in [0.25, 0.3) is 0 Å². The van der Waals surface area contributed by atoms with Crippen molar-refractivity contribution in [2.24, 2.45) is 5.10 Å². The first-order valence-corrected chi connectivity index (χ1v) is 3.25. The molecule has 1 N–H and O–H groups in total. The molecule has 10 heavy (non-hydrogen) atoms. The number of nitrogens with one attached hydrogen (secondary N) is 1. The van der Waals surface area contributed by atoms with Crippen LogP contribution in [0.4, 0.5) is 4.79 Å². The van der Waals surface area contributed by atoms with Crippen molar-refractivity contribution in [3.05, 3.63) is 0 Å². The minimum Gasteiger partial charge on any atom is -0.449 e. The second-order valence-corrected chi connectivity index (χ2v) is 1.55. The van der Waals surface area contributed by atoms with E-state index in [4.69, 9.17) is 0 Å². The molecule has 0 unspecified atom stereocenters. The molecule has 0 aliphatic rings. The van der Waals surface area contributed by atoms with Gasteiger partial charge < -0.3 is 4.74 Å². The van der Waals surface area contributed by atoms with Gasteiger partial charge in [-0.25, -0.2) is 10.2 Å². The number of amides is 1. The summed E-state index contributed by atoms with van der Waals surface area (Å²) in [6.45, 7) is 4.03. The lowest BCUT2D eigenvalue weighted by atomic mass is 10.6. The highest BCUT2D eigenvalue weighted by Gasteiger charge is 1.93. The van der Waals surface area contributed by atoms with Crippen LogP contribution in [-0.4, -0.2) is 18.9 Å². The Morgan fingerprint density at radius 2 is 2.40 bits per heavy atom. The molecular formula is C6H12N2O2. The number of ether oxygens (including phenoxy) is 1. The van der Waals surface area contributed by atoms with Crippen LogP contribution in [0.2, 0.25) is 0 Å². The van der Waals surface area contributed by atoms with Crippen LogP contribution in [0, 0.1) is 0 Å². The fraction of sp³-hybridized carbons (Fsp3) is 0.667. The Morgan fingerprint density at radius 3 is 2.90 bits per heavy atom. The van der Waals surface area contributed by atoms with Crippen molar-refractivity contribution in [3.8, 4) is 0 Å². The van der Waals surface area contributed by atoms with E-state index in [9.17, 15) is 4.79 Å². The summed E-state index contributed by atoms with van der Waals surface area (Å²) in [4.78, 5) is 10.5. The molecule has 0 aliphatic heterocycles. The fourth-order valence-corrected chi connectivity index (χ4v) is 0.353. The molecule has 4 heteroatoms. The van der Waals surface area contributed by atoms with E-state index in [-0.39, 0.29) is 0 Å². The van der Waals surface area contributed by atoms with Gasteiger partial charge in [0.15, 0.2) is 0 Å². The van der Waals surface area contributed by atoms with Crippen molar-refractivity contribution in [2.75, 3.05) is 6.61 Å². The molecule has 0 heterocycles. The topological polar surface area (TPSA) is 50.7 Å². The van der Waals surface area contributed by atoms with Crippen molar-refractivity contribution < 1.29 is 9.53 Å². The normalized spacial score (nSPS) is 9.80. The summed E-state index contributed by atoms with van der Waals surface area (Å²) in [5.41, 5.74) is 2.19. The van der Waals surface area contributed by atoms with Crippen molar-refractivity contribution >= 4 is 12.3 Å². The first-order valence-electron chi connectivity index (χ1n) is 3.25. The molecule has 0 spiro atoms. The molecule has 0 aromatic heterocycles. The number of rotatable bonds is 3. The number of hydrazone groups is 1. The van der Waals surface area contributed by atoms with Crippen LogP contribution in [0.25, 0.3) is 0 Å². The van der Waals surface area contributed by atoms with Gasteiger partial charge in [0.05, 0.1) is 6.61 Å². The molecule has 0 bridgehead atoms. The zero-order chi connectivity index (χ0) is 7.82. The third-order valence-electron chi connectivity index (χ3n) is 0.705. The SMILES string of the molecule is CC/C=N/NC(=O)OCC. The lowest BCUT2D eigenvalue weighted by Gasteiger charge is -1.97. The van der Waals surface area contributed by atoms with Gasteiger partial charge in [-0.2, -0.15) is 5.10 Å². The van der Waals surface area contributed by atoms with E-state index in [1.807, 2.05) is 6.92 Å². The standard InChI is InChI=1S/C6H12N2O2/c1-3-5-7-8-6(9)10-4-2/h5H,3-4H2,1-2H3,(H,8,9)/b7-5+. The molecule has 0 saturated heterocycles. The maximum absolute atomic E-state index is 10.5. The third-order valence-corrected chi connectivity index (χ3v) is 0.705. The highest BCUT2D eigenvalue weighted by molar-refractivity contribution is 5.68. The van der Waals surface area contributed by atoms with Gasteiger partial charge in [-0.3, -0.25) is 0 Å². The number of hydrogen-bond acceptors (Lipinski definition) is 3. The second kappa shape index (κ2) is 6.07. The van der Waals surface area contributed by atoms with E-state index >= 15 is 0 Å². The molecule has 1 amide bonds. The van der Waals surface area contributed by atoms with E-state index in [0.717, 1.165) is 6.42 Å². The lowest BCUT2D eigenvalue weighted by Crippen LogP contribution is -2.18. The molecule has 58 valence electrons. The monoisotopic (exact) mass is 144 g/mol. The molecule has 0 fully saturated rings. The fourth-order valence-electron chi connectivity index (χ4n) is 0.353. The minimum absolute atomic E-state index is 0.369. The van der Waals surface area contributed by atoms with Gasteiger partial charge in [-0.05, 0) is 13.3 Å². The quantitative estimate of drug-likeness (QED) is 0.476. The van der Waals surface area contributed by atoms with Gasteiger partial charge >= 0.3 is 6.09 Å². The van der Waals surface area contributed by atoms with Crippen LogP contribution in [0.5, 0.6) is 0 Å². The van der Waals surface area contributed by atoms with E-state index in [1.54, 1.807) is 13.1 Å². The zero-order valence-corrected chi connectivity index (χ0v) is 6.26. The molecule has 0 saturated carbocycles. The Kier molecular flexibility index (Phi) is 5.42. The predicted octanol–water partition coefficient (Wildman–Crippen LogP) is 1.13. The Labute approximate surface area is 60.3 Å². The number of nitrogens with zero attached hydrogens (tertiary/aromatic N) is 1. The Morgan fingerprint density at radius 1 is 1.70 bits per heavy atom. The summed E-state index contributed by atoms with van der Waals surface area (Å²) in [6, 6.07) is 0. The molecule has 0 radical (unpaired) electrons. The summed E-state index contributed by atoms with van der Waals surface area (Å²) in [7, 11) is 0. The van der Waals surface area contributed by atoms with Gasteiger partial charge in [0, 0.05) is 6.21 Å². The van der Waals surface area contributed by atoms with Crippen LogP contribution in [-0.2, 0) is 4.74 Å². The van der Waals surface area contributed by atoms with E-state index in [2.05, 4.69) is 15.3 Å². The van der Waals surface area contributed by atoms with Crippen LogP contribution < -0.4 is 5.43 Å². The molecule has 0 atom stereocenters. The smallest absolute Gasteiger partial charge is 0.427 e. The van der Waals surface area contributed by atoms with Gasteiger partial charge in [-0.1, -0.05) is 6.92 Å². The molecule has 0 aromatic rings. The predicted molar refractivity (Wildman–Crippen MR) is 38.9 cm³/mol. The third kappa shape index (κ3) is 5.08. The van der Waals surface area contributed by atoms with E-state index in [0.29, 0.717) is 6.61 Å². The average molecular weight is 144 g/mol. The average Bonchev–Trinajstić information content (AvgIpc) is 1.89. The highest BCUT2D eigenvalue weighted by Crippen LogP contribution is 1.75. The zero-order valence-electron chi connectivity index (χ0n) is 6.26. The van der Waals surface area contributed by atoms with Crippen LogP contribution >= 0.6 is 0 Å². The molecular weight excluding hydrogens is 132 g/mol. The Balaban J connectivity index is 3.30. The van der Waals surface area contributed by atoms with Crippen molar-refractivity contribution in [3.63, 3.8) is 0 Å². The Bertz CT molecular complexity index is 123. The molecule has 4 nitrogen and oxygen atoms in total. The number of carbonyl (C=O) groups is 1. The van der Waals surface area contributed by atoms with Gasteiger partial charge in [0.2, 0.25) is 0 Å². The minimum atomic E-state index is -0.507. The summed E-state index contributed by atoms with van der Waals surface area (Å²) in [5.74, 6) is 0. The summed E-state index contributed by atoms with van der Waals surface area (Å²) >= 11 is 0. The maximum atomic E-state index is 10.5. The van der Waals surface area contributed by atoms with Crippen LogP contribution in [0.1, 0.15) is 20.3 Å². The van der Waals surface area contributed by atoms with Crippen molar-refractivity contribution in [2.45, 2.75) is 20.3 Å². The molecule has 0 aromatic carbocycles. The first kappa shape index (κ1) is 8.94. The number of hydrogen-bond donors (Lipinski definition) is 1. The maximum Gasteiger partial charge on any atom is 0.427 e. The van der Waals surface area contributed by atoms with Gasteiger partial charge in [0.1, 0.15) is 0 Å². The van der Waals surface area contributed by atoms with E-state index < -0.39 is 6.09 Å². The molecule has 0 rings (SSSR count). The van der Waals surface area contributed by atoms with Crippen LogP contribution in [0.3, 0.4) is 0 Å². The lowest BCUT2D eigenvalue weighted by molar-refractivity contribution is 0.152.